The van der Waals surface area contributed by atoms with E-state index in [1.165, 1.54) is 18.2 Å². The number of alkyl halides is 3. The van der Waals surface area contributed by atoms with Crippen LogP contribution in [0.5, 0.6) is 5.75 Å². The quantitative estimate of drug-likeness (QED) is 0.922. The number of rotatable bonds is 3. The summed E-state index contributed by atoms with van der Waals surface area (Å²) in [6, 6.07) is 5.15. The molecule has 1 fully saturated rings. The van der Waals surface area contributed by atoms with Gasteiger partial charge in [0, 0.05) is 18.2 Å². The summed E-state index contributed by atoms with van der Waals surface area (Å²) in [4.78, 5) is 14.0. The Bertz CT molecular complexity index is 525. The molecule has 2 atom stereocenters. The van der Waals surface area contributed by atoms with Gasteiger partial charge in [0.25, 0.3) is 5.91 Å². The lowest BCUT2D eigenvalue weighted by Crippen LogP contribution is -2.34. The van der Waals surface area contributed by atoms with Crippen LogP contribution < -0.4 is 10.5 Å². The van der Waals surface area contributed by atoms with Crippen LogP contribution in [0.3, 0.4) is 0 Å². The molecule has 0 bridgehead atoms. The number of nitrogens with two attached hydrogens (primary N) is 1. The molecule has 124 valence electrons. The third-order valence-electron chi connectivity index (χ3n) is 3.57. The molecule has 1 aliphatic rings. The first-order chi connectivity index (χ1) is 9.80. The van der Waals surface area contributed by atoms with Crippen molar-refractivity contribution in [3.63, 3.8) is 0 Å². The van der Waals surface area contributed by atoms with Crippen LogP contribution in [0, 0.1) is 5.92 Å². The molecule has 1 amide bonds. The van der Waals surface area contributed by atoms with Gasteiger partial charge in [-0.05, 0) is 44.0 Å². The SMILES string of the molecule is CC1CC(CN)CN1C(=O)c1cccc(OC(F)(F)F)c1.Cl. The molecular formula is C14H18ClF3N2O2. The molecule has 0 aromatic heterocycles. The third-order valence-corrected chi connectivity index (χ3v) is 3.57. The van der Waals surface area contributed by atoms with E-state index < -0.39 is 12.1 Å². The average molecular weight is 339 g/mol. The first-order valence-electron chi connectivity index (χ1n) is 6.67. The van der Waals surface area contributed by atoms with Crippen molar-refractivity contribution in [1.29, 1.82) is 0 Å². The molecule has 0 spiro atoms. The minimum Gasteiger partial charge on any atom is -0.406 e. The topological polar surface area (TPSA) is 55.6 Å². The van der Waals surface area contributed by atoms with Crippen LogP contribution in [-0.4, -0.2) is 36.3 Å². The van der Waals surface area contributed by atoms with Crippen LogP contribution in [0.1, 0.15) is 23.7 Å². The van der Waals surface area contributed by atoms with Crippen LogP contribution in [0.25, 0.3) is 0 Å². The molecule has 2 unspecified atom stereocenters. The Morgan fingerprint density at radius 3 is 2.68 bits per heavy atom. The molecule has 1 heterocycles. The Balaban J connectivity index is 0.00000242. The molecule has 0 saturated carbocycles. The highest BCUT2D eigenvalue weighted by Crippen LogP contribution is 2.27. The number of hydrogen-bond acceptors (Lipinski definition) is 3. The van der Waals surface area contributed by atoms with Crippen LogP contribution in [0.15, 0.2) is 24.3 Å². The lowest BCUT2D eigenvalue weighted by atomic mass is 10.1. The lowest BCUT2D eigenvalue weighted by molar-refractivity contribution is -0.274. The third kappa shape index (κ3) is 4.51. The number of likely N-dealkylation sites (tertiary alicyclic amines) is 1. The summed E-state index contributed by atoms with van der Waals surface area (Å²) in [6.07, 6.45) is -3.96. The van der Waals surface area contributed by atoms with Crippen molar-refractivity contribution in [3.8, 4) is 5.75 Å². The summed E-state index contributed by atoms with van der Waals surface area (Å²) in [6.45, 7) is 2.93. The summed E-state index contributed by atoms with van der Waals surface area (Å²) < 4.78 is 40.4. The van der Waals surface area contributed by atoms with Gasteiger partial charge >= 0.3 is 6.36 Å². The van der Waals surface area contributed by atoms with Gasteiger partial charge in [0.1, 0.15) is 5.75 Å². The second-order valence-electron chi connectivity index (χ2n) is 5.22. The van der Waals surface area contributed by atoms with E-state index in [0.717, 1.165) is 12.5 Å². The largest absolute Gasteiger partial charge is 0.573 e. The Hall–Kier alpha value is -1.47. The molecule has 1 saturated heterocycles. The molecule has 1 aliphatic heterocycles. The Morgan fingerprint density at radius 2 is 2.14 bits per heavy atom. The van der Waals surface area contributed by atoms with Gasteiger partial charge in [0.05, 0.1) is 0 Å². The van der Waals surface area contributed by atoms with Gasteiger partial charge < -0.3 is 15.4 Å². The first-order valence-corrected chi connectivity index (χ1v) is 6.67. The van der Waals surface area contributed by atoms with E-state index in [1.807, 2.05) is 6.92 Å². The maximum atomic E-state index is 12.4. The van der Waals surface area contributed by atoms with E-state index in [0.29, 0.717) is 13.1 Å². The molecule has 4 nitrogen and oxygen atoms in total. The molecule has 1 aromatic carbocycles. The fraction of sp³-hybridized carbons (Fsp3) is 0.500. The Kier molecular flexibility index (Phi) is 6.08. The van der Waals surface area contributed by atoms with Gasteiger partial charge in [-0.2, -0.15) is 0 Å². The smallest absolute Gasteiger partial charge is 0.406 e. The summed E-state index contributed by atoms with van der Waals surface area (Å²) in [5.74, 6) is -0.458. The lowest BCUT2D eigenvalue weighted by Gasteiger charge is -2.22. The van der Waals surface area contributed by atoms with Crippen molar-refractivity contribution in [2.75, 3.05) is 13.1 Å². The second-order valence-corrected chi connectivity index (χ2v) is 5.22. The van der Waals surface area contributed by atoms with Crippen molar-refractivity contribution in [2.24, 2.45) is 11.7 Å². The van der Waals surface area contributed by atoms with Gasteiger partial charge in [0.15, 0.2) is 0 Å². The van der Waals surface area contributed by atoms with Gasteiger partial charge in [-0.3, -0.25) is 4.79 Å². The van der Waals surface area contributed by atoms with Crippen molar-refractivity contribution >= 4 is 18.3 Å². The predicted molar refractivity (Wildman–Crippen MR) is 78.0 cm³/mol. The number of carbonyl (C=O) groups is 1. The molecule has 1 aromatic rings. The predicted octanol–water partition coefficient (Wildman–Crippen LogP) is 2.82. The zero-order valence-electron chi connectivity index (χ0n) is 12.0. The van der Waals surface area contributed by atoms with Crippen LogP contribution in [0.4, 0.5) is 13.2 Å². The highest BCUT2D eigenvalue weighted by molar-refractivity contribution is 5.95. The monoisotopic (exact) mass is 338 g/mol. The summed E-state index contributed by atoms with van der Waals surface area (Å²) >= 11 is 0. The van der Waals surface area contributed by atoms with E-state index in [4.69, 9.17) is 5.73 Å². The minimum absolute atomic E-state index is 0. The van der Waals surface area contributed by atoms with Gasteiger partial charge in [-0.15, -0.1) is 25.6 Å². The molecule has 0 radical (unpaired) electrons. The van der Waals surface area contributed by atoms with Gasteiger partial charge in [-0.25, -0.2) is 0 Å². The van der Waals surface area contributed by atoms with Crippen LogP contribution >= 0.6 is 12.4 Å². The van der Waals surface area contributed by atoms with Crippen molar-refractivity contribution in [3.05, 3.63) is 29.8 Å². The number of halogens is 4. The molecule has 8 heteroatoms. The maximum absolute atomic E-state index is 12.4. The summed E-state index contributed by atoms with van der Waals surface area (Å²) in [7, 11) is 0. The van der Waals surface area contributed by atoms with E-state index in [2.05, 4.69) is 4.74 Å². The second kappa shape index (κ2) is 7.19. The number of ether oxygens (including phenoxy) is 1. The number of carbonyl (C=O) groups excluding carboxylic acids is 1. The van der Waals surface area contributed by atoms with Gasteiger partial charge in [-0.1, -0.05) is 6.07 Å². The fourth-order valence-electron chi connectivity index (χ4n) is 2.59. The molecule has 22 heavy (non-hydrogen) atoms. The number of amides is 1. The number of nitrogens with zero attached hydrogens (tertiary/aromatic N) is 1. The van der Waals surface area contributed by atoms with Gasteiger partial charge in [0.2, 0.25) is 0 Å². The number of hydrogen-bond donors (Lipinski definition) is 1. The highest BCUT2D eigenvalue weighted by Gasteiger charge is 2.33. The van der Waals surface area contributed by atoms with Crippen LogP contribution in [-0.2, 0) is 0 Å². The Morgan fingerprint density at radius 1 is 1.45 bits per heavy atom. The zero-order chi connectivity index (χ0) is 15.6. The van der Waals surface area contributed by atoms with Crippen molar-refractivity contribution in [1.82, 2.24) is 4.90 Å². The molecule has 0 aliphatic carbocycles. The first kappa shape index (κ1) is 18.6. The van der Waals surface area contributed by atoms with E-state index in [-0.39, 0.29) is 35.8 Å². The average Bonchev–Trinajstić information content (AvgIpc) is 2.77. The van der Waals surface area contributed by atoms with E-state index in [1.54, 1.807) is 4.90 Å². The summed E-state index contributed by atoms with van der Waals surface area (Å²) in [5, 5.41) is 0. The zero-order valence-corrected chi connectivity index (χ0v) is 12.8. The minimum atomic E-state index is -4.77. The summed E-state index contributed by atoms with van der Waals surface area (Å²) in [5.41, 5.74) is 5.79. The van der Waals surface area contributed by atoms with Crippen molar-refractivity contribution < 1.29 is 22.7 Å². The van der Waals surface area contributed by atoms with Crippen LogP contribution in [0.2, 0.25) is 0 Å². The fourth-order valence-corrected chi connectivity index (χ4v) is 2.59. The van der Waals surface area contributed by atoms with E-state index in [9.17, 15) is 18.0 Å². The Labute approximate surface area is 132 Å². The van der Waals surface area contributed by atoms with E-state index >= 15 is 0 Å². The molecular weight excluding hydrogens is 321 g/mol. The molecule has 2 N–H and O–H groups in total. The maximum Gasteiger partial charge on any atom is 0.573 e. The van der Waals surface area contributed by atoms with Crippen molar-refractivity contribution in [2.45, 2.75) is 25.7 Å². The highest BCUT2D eigenvalue weighted by atomic mass is 35.5. The number of benzene rings is 1. The normalized spacial score (nSPS) is 21.4. The molecule has 2 rings (SSSR count). The standard InChI is InChI=1S/C14H17F3N2O2.ClH/c1-9-5-10(7-18)8-19(9)13(20)11-3-2-4-12(6-11)21-14(15,16)17;/h2-4,6,9-10H,5,7-8,18H2,1H3;1H.